The quantitative estimate of drug-likeness (QED) is 0.362. The maximum atomic E-state index is 10.9. The van der Waals surface area contributed by atoms with Crippen LogP contribution in [0.2, 0.25) is 0 Å². The number of ether oxygens (including phenoxy) is 1. The van der Waals surface area contributed by atoms with E-state index in [0.717, 1.165) is 12.8 Å². The smallest absolute Gasteiger partial charge is 0.305 e. The first-order valence-corrected chi connectivity index (χ1v) is 10.9. The lowest BCUT2D eigenvalue weighted by Gasteiger charge is -2.21. The number of hydrogen-bond donors (Lipinski definition) is 0. The summed E-state index contributed by atoms with van der Waals surface area (Å²) in [5, 5.41) is 0. The molecule has 0 fully saturated rings. The summed E-state index contributed by atoms with van der Waals surface area (Å²) in [5.74, 6) is 1.12. The molecule has 2 nitrogen and oxygen atoms in total. The molecule has 0 saturated carbocycles. The van der Waals surface area contributed by atoms with Crippen molar-refractivity contribution in [2.75, 3.05) is 25.4 Å². The van der Waals surface area contributed by atoms with E-state index in [2.05, 4.69) is 17.2 Å². The molecule has 0 saturated heterocycles. The molecule has 0 unspecified atom stereocenters. The van der Waals surface area contributed by atoms with Gasteiger partial charge in [0.1, 0.15) is 0 Å². The van der Waals surface area contributed by atoms with Crippen LogP contribution in [0.4, 0.5) is 0 Å². The number of esters is 1. The van der Waals surface area contributed by atoms with Gasteiger partial charge in [0, 0.05) is 6.42 Å². The van der Waals surface area contributed by atoms with Crippen LogP contribution in [0.25, 0.3) is 0 Å². The highest BCUT2D eigenvalue weighted by atomic mass is 35.7. The topological polar surface area (TPSA) is 26.3 Å². The summed E-state index contributed by atoms with van der Waals surface area (Å²) in [5.41, 5.74) is 0. The number of methoxy groups -OCH3 is 1. The minimum atomic E-state index is -0.807. The van der Waals surface area contributed by atoms with Gasteiger partial charge >= 0.3 is 5.97 Å². The van der Waals surface area contributed by atoms with Crippen LogP contribution in [0.3, 0.4) is 0 Å². The Kier molecular flexibility index (Phi) is 12.0. The van der Waals surface area contributed by atoms with E-state index in [0.29, 0.717) is 6.42 Å². The Hall–Kier alpha value is 0.110. The van der Waals surface area contributed by atoms with E-state index >= 15 is 0 Å². The molecule has 0 aromatic heterocycles. The van der Waals surface area contributed by atoms with E-state index in [4.69, 9.17) is 10.7 Å². The molecule has 0 radical (unpaired) electrons. The Morgan fingerprint density at radius 1 is 0.895 bits per heavy atom. The van der Waals surface area contributed by atoms with Crippen LogP contribution in [0.1, 0.15) is 64.2 Å². The third kappa shape index (κ3) is 16.1. The van der Waals surface area contributed by atoms with Crippen LogP contribution < -0.4 is 0 Å². The summed E-state index contributed by atoms with van der Waals surface area (Å²) in [6, 6.07) is 0. The first kappa shape index (κ1) is 19.1. The van der Waals surface area contributed by atoms with Gasteiger partial charge in [-0.25, -0.2) is 0 Å². The number of carbonyl (C=O) groups excluding carboxylic acids is 1. The highest BCUT2D eigenvalue weighted by Crippen LogP contribution is 2.45. The van der Waals surface area contributed by atoms with E-state index in [1.165, 1.54) is 57.8 Å². The third-order valence-electron chi connectivity index (χ3n) is 3.24. The van der Waals surface area contributed by atoms with Crippen molar-refractivity contribution < 1.29 is 9.53 Å². The van der Waals surface area contributed by atoms with Gasteiger partial charge in [-0.1, -0.05) is 55.6 Å². The number of carbonyl (C=O) groups is 1. The van der Waals surface area contributed by atoms with Crippen molar-refractivity contribution in [3.63, 3.8) is 0 Å². The molecule has 0 rings (SSSR count). The highest BCUT2D eigenvalue weighted by molar-refractivity contribution is 8.50. The Bertz CT molecular complexity index is 227. The SMILES string of the molecule is COC(=O)CCCCCCCCCCCS(C)(C)Cl. The highest BCUT2D eigenvalue weighted by Gasteiger charge is 2.05. The second-order valence-corrected chi connectivity index (χ2v) is 11.3. The van der Waals surface area contributed by atoms with E-state index in [9.17, 15) is 4.79 Å². The molecular weight excluding hydrogens is 280 g/mol. The summed E-state index contributed by atoms with van der Waals surface area (Å²) in [6.07, 6.45) is 16.2. The summed E-state index contributed by atoms with van der Waals surface area (Å²) >= 11 is 0. The van der Waals surface area contributed by atoms with Crippen LogP contribution in [-0.4, -0.2) is 31.3 Å². The fourth-order valence-corrected chi connectivity index (χ4v) is 3.27. The zero-order chi connectivity index (χ0) is 14.6. The molecule has 116 valence electrons. The monoisotopic (exact) mass is 310 g/mol. The first-order chi connectivity index (χ1) is 8.95. The minimum Gasteiger partial charge on any atom is -0.469 e. The third-order valence-corrected chi connectivity index (χ3v) is 4.96. The van der Waals surface area contributed by atoms with E-state index in [1.54, 1.807) is 0 Å². The fraction of sp³-hybridized carbons (Fsp3) is 0.933. The van der Waals surface area contributed by atoms with Gasteiger partial charge < -0.3 is 4.74 Å². The maximum absolute atomic E-state index is 10.9. The van der Waals surface area contributed by atoms with Crippen LogP contribution in [0, 0.1) is 0 Å². The lowest BCUT2D eigenvalue weighted by Crippen LogP contribution is -1.99. The van der Waals surface area contributed by atoms with Crippen LogP contribution in [0.15, 0.2) is 0 Å². The van der Waals surface area contributed by atoms with Crippen molar-refractivity contribution in [1.29, 1.82) is 0 Å². The summed E-state index contributed by atoms with van der Waals surface area (Å²) < 4.78 is 4.61. The average Bonchev–Trinajstić information content (AvgIpc) is 2.34. The zero-order valence-electron chi connectivity index (χ0n) is 12.9. The van der Waals surface area contributed by atoms with Crippen LogP contribution >= 0.6 is 19.9 Å². The van der Waals surface area contributed by atoms with Gasteiger partial charge in [-0.2, -0.15) is 9.24 Å². The predicted molar refractivity (Wildman–Crippen MR) is 88.3 cm³/mol. The predicted octanol–water partition coefficient (Wildman–Crippen LogP) is 5.28. The molecule has 0 aromatic carbocycles. The normalized spacial score (nSPS) is 12.4. The lowest BCUT2D eigenvalue weighted by molar-refractivity contribution is -0.140. The van der Waals surface area contributed by atoms with Gasteiger partial charge in [0.25, 0.3) is 0 Å². The van der Waals surface area contributed by atoms with Gasteiger partial charge in [-0.3, -0.25) is 4.79 Å². The molecule has 0 bridgehead atoms. The number of hydrogen-bond acceptors (Lipinski definition) is 2. The van der Waals surface area contributed by atoms with E-state index < -0.39 is 9.24 Å². The number of rotatable bonds is 12. The largest absolute Gasteiger partial charge is 0.469 e. The maximum Gasteiger partial charge on any atom is 0.305 e. The molecule has 19 heavy (non-hydrogen) atoms. The molecule has 0 aromatic rings. The number of halogens is 1. The van der Waals surface area contributed by atoms with E-state index in [1.807, 2.05) is 0 Å². The summed E-state index contributed by atoms with van der Waals surface area (Å²) in [6.45, 7) is 0. The van der Waals surface area contributed by atoms with Crippen molar-refractivity contribution in [3.8, 4) is 0 Å². The zero-order valence-corrected chi connectivity index (χ0v) is 14.5. The lowest BCUT2D eigenvalue weighted by atomic mass is 10.1. The summed E-state index contributed by atoms with van der Waals surface area (Å²) in [7, 11) is 6.87. The molecule has 0 N–H and O–H groups in total. The van der Waals surface area contributed by atoms with Gasteiger partial charge in [0.15, 0.2) is 0 Å². The minimum absolute atomic E-state index is 0.0793. The van der Waals surface area contributed by atoms with Gasteiger partial charge in [0.05, 0.1) is 7.11 Å². The van der Waals surface area contributed by atoms with Crippen LogP contribution in [-0.2, 0) is 9.53 Å². The molecular formula is C15H31ClO2S. The van der Waals surface area contributed by atoms with Crippen molar-refractivity contribution in [2.24, 2.45) is 0 Å². The van der Waals surface area contributed by atoms with Crippen molar-refractivity contribution in [2.45, 2.75) is 64.2 Å². The van der Waals surface area contributed by atoms with E-state index in [-0.39, 0.29) is 5.97 Å². The second kappa shape index (κ2) is 11.9. The van der Waals surface area contributed by atoms with Crippen molar-refractivity contribution in [1.82, 2.24) is 0 Å². The van der Waals surface area contributed by atoms with Gasteiger partial charge in [-0.05, 0) is 31.1 Å². The molecule has 0 heterocycles. The Morgan fingerprint density at radius 2 is 1.32 bits per heavy atom. The second-order valence-electron chi connectivity index (χ2n) is 5.62. The standard InChI is InChI=1S/C15H31ClO2S/c1-18-15(17)13-11-9-7-5-4-6-8-10-12-14-19(2,3)16/h4-14H2,1-3H3. The summed E-state index contributed by atoms with van der Waals surface area (Å²) in [4.78, 5) is 10.9. The fourth-order valence-electron chi connectivity index (χ4n) is 2.05. The van der Waals surface area contributed by atoms with Crippen molar-refractivity contribution in [3.05, 3.63) is 0 Å². The number of unbranched alkanes of at least 4 members (excludes halogenated alkanes) is 8. The van der Waals surface area contributed by atoms with Crippen LogP contribution in [0.5, 0.6) is 0 Å². The Labute approximate surface area is 125 Å². The molecule has 0 atom stereocenters. The molecule has 0 aliphatic heterocycles. The van der Waals surface area contributed by atoms with Crippen molar-refractivity contribution >= 4 is 25.9 Å². The van der Waals surface area contributed by atoms with Gasteiger partial charge in [-0.15, -0.1) is 0 Å². The molecule has 0 spiro atoms. The average molecular weight is 311 g/mol. The Balaban J connectivity index is 3.09. The first-order valence-electron chi connectivity index (χ1n) is 7.43. The molecule has 4 heteroatoms. The molecule has 0 aliphatic carbocycles. The Morgan fingerprint density at radius 3 is 1.74 bits per heavy atom. The van der Waals surface area contributed by atoms with Gasteiger partial charge in [0.2, 0.25) is 0 Å². The molecule has 0 amide bonds. The molecule has 0 aliphatic rings.